The molecule has 0 aromatic carbocycles. The van der Waals surface area contributed by atoms with Crippen molar-refractivity contribution in [1.29, 1.82) is 0 Å². The molecule has 0 spiro atoms. The summed E-state index contributed by atoms with van der Waals surface area (Å²) < 4.78 is 16.9. The Morgan fingerprint density at radius 2 is 1.69 bits per heavy atom. The summed E-state index contributed by atoms with van der Waals surface area (Å²) in [6.07, 6.45) is 13.5. The summed E-state index contributed by atoms with van der Waals surface area (Å²) in [5, 5.41) is 0. The molecule has 1 aliphatic heterocycles. The van der Waals surface area contributed by atoms with Crippen LogP contribution in [0.15, 0.2) is 0 Å². The minimum atomic E-state index is -0.126. The maximum Gasteiger partial charge on any atom is 0.305 e. The quantitative estimate of drug-likeness (QED) is 0.295. The summed E-state index contributed by atoms with van der Waals surface area (Å²) in [6.45, 7) is 4.29. The average Bonchev–Trinajstić information content (AvgIpc) is 3.06. The molecule has 5 heteroatoms. The first kappa shape index (κ1) is 23.4. The van der Waals surface area contributed by atoms with Crippen molar-refractivity contribution in [3.8, 4) is 0 Å². The van der Waals surface area contributed by atoms with Crippen molar-refractivity contribution < 1.29 is 19.0 Å². The number of hydrogen-bond donors (Lipinski definition) is 0. The van der Waals surface area contributed by atoms with E-state index in [0.717, 1.165) is 38.8 Å². The molecular formula is C21H41NO4. The molecule has 1 unspecified atom stereocenters. The number of hydrogen-bond acceptors (Lipinski definition) is 5. The van der Waals surface area contributed by atoms with Crippen LogP contribution in [-0.2, 0) is 19.0 Å². The first-order valence-electron chi connectivity index (χ1n) is 10.7. The van der Waals surface area contributed by atoms with Crippen LogP contribution in [-0.4, -0.2) is 57.1 Å². The Hall–Kier alpha value is -0.650. The van der Waals surface area contributed by atoms with Gasteiger partial charge in [-0.05, 0) is 39.9 Å². The Kier molecular flexibility index (Phi) is 13.9. The van der Waals surface area contributed by atoms with Gasteiger partial charge in [-0.1, -0.05) is 51.9 Å². The highest BCUT2D eigenvalue weighted by Crippen LogP contribution is 2.21. The standard InChI is InChI=1S/C21H41NO4/c1-4-5-6-7-8-9-10-11-17-24-21-15-14-19(26-21)18-25-20(23)13-12-16-22(2)3/h19,21H,4-18H2,1-3H3/t19?,21-/m1/s1. The van der Waals surface area contributed by atoms with Gasteiger partial charge in [0.15, 0.2) is 6.29 Å². The molecule has 2 atom stereocenters. The van der Waals surface area contributed by atoms with Crippen LogP contribution in [0.2, 0.25) is 0 Å². The van der Waals surface area contributed by atoms with E-state index in [-0.39, 0.29) is 18.4 Å². The smallest absolute Gasteiger partial charge is 0.305 e. The number of carbonyl (C=O) groups is 1. The molecule has 26 heavy (non-hydrogen) atoms. The summed E-state index contributed by atoms with van der Waals surface area (Å²) >= 11 is 0. The van der Waals surface area contributed by atoms with Crippen LogP contribution >= 0.6 is 0 Å². The third-order valence-corrected chi connectivity index (χ3v) is 4.79. The zero-order valence-electron chi connectivity index (χ0n) is 17.3. The lowest BCUT2D eigenvalue weighted by Gasteiger charge is -2.15. The van der Waals surface area contributed by atoms with Gasteiger partial charge in [-0.15, -0.1) is 0 Å². The number of esters is 1. The van der Waals surface area contributed by atoms with E-state index in [2.05, 4.69) is 11.8 Å². The highest BCUT2D eigenvalue weighted by atomic mass is 16.7. The van der Waals surface area contributed by atoms with Gasteiger partial charge in [-0.3, -0.25) is 4.79 Å². The van der Waals surface area contributed by atoms with Crippen LogP contribution in [0, 0.1) is 0 Å². The highest BCUT2D eigenvalue weighted by Gasteiger charge is 2.26. The van der Waals surface area contributed by atoms with Crippen LogP contribution in [0.5, 0.6) is 0 Å². The van der Waals surface area contributed by atoms with Gasteiger partial charge in [0.25, 0.3) is 0 Å². The molecule has 0 bridgehead atoms. The van der Waals surface area contributed by atoms with Crippen LogP contribution in [0.3, 0.4) is 0 Å². The van der Waals surface area contributed by atoms with E-state index < -0.39 is 0 Å². The molecule has 0 aromatic rings. The summed E-state index contributed by atoms with van der Waals surface area (Å²) in [5.74, 6) is -0.126. The van der Waals surface area contributed by atoms with Crippen LogP contribution in [0.25, 0.3) is 0 Å². The summed E-state index contributed by atoms with van der Waals surface area (Å²) in [4.78, 5) is 13.8. The molecule has 0 aromatic heterocycles. The van der Waals surface area contributed by atoms with Crippen molar-refractivity contribution in [3.05, 3.63) is 0 Å². The average molecular weight is 372 g/mol. The second-order valence-electron chi connectivity index (χ2n) is 7.70. The number of rotatable bonds is 16. The van der Waals surface area contributed by atoms with Gasteiger partial charge in [-0.25, -0.2) is 0 Å². The van der Waals surface area contributed by atoms with Crippen molar-refractivity contribution in [2.45, 2.75) is 96.4 Å². The second kappa shape index (κ2) is 15.4. The van der Waals surface area contributed by atoms with Crippen LogP contribution < -0.4 is 0 Å². The van der Waals surface area contributed by atoms with Gasteiger partial charge in [-0.2, -0.15) is 0 Å². The van der Waals surface area contributed by atoms with Crippen LogP contribution in [0.1, 0.15) is 84.0 Å². The van der Waals surface area contributed by atoms with Gasteiger partial charge in [0, 0.05) is 19.4 Å². The molecule has 0 amide bonds. The van der Waals surface area contributed by atoms with Crippen molar-refractivity contribution in [2.24, 2.45) is 0 Å². The third kappa shape index (κ3) is 12.7. The fourth-order valence-electron chi connectivity index (χ4n) is 3.17. The zero-order valence-corrected chi connectivity index (χ0v) is 17.3. The summed E-state index contributed by atoms with van der Waals surface area (Å²) in [6, 6.07) is 0. The van der Waals surface area contributed by atoms with Crippen LogP contribution in [0.4, 0.5) is 0 Å². The molecule has 1 aliphatic rings. The Labute approximate surface area is 160 Å². The number of nitrogens with zero attached hydrogens (tertiary/aromatic N) is 1. The van der Waals surface area contributed by atoms with E-state index in [1.54, 1.807) is 0 Å². The van der Waals surface area contributed by atoms with Gasteiger partial charge in [0.05, 0.1) is 6.10 Å². The molecule has 1 heterocycles. The molecule has 1 fully saturated rings. The molecule has 0 saturated carbocycles. The fourth-order valence-corrected chi connectivity index (χ4v) is 3.17. The SMILES string of the molecule is CCCCCCCCCCO[C@H]1CCC(COC(=O)CCCN(C)C)O1. The monoisotopic (exact) mass is 371 g/mol. The Morgan fingerprint density at radius 1 is 1.00 bits per heavy atom. The van der Waals surface area contributed by atoms with E-state index in [1.165, 1.54) is 44.9 Å². The van der Waals surface area contributed by atoms with E-state index in [4.69, 9.17) is 14.2 Å². The zero-order chi connectivity index (χ0) is 19.0. The predicted octanol–water partition coefficient (Wildman–Crippen LogP) is 4.53. The van der Waals surface area contributed by atoms with E-state index >= 15 is 0 Å². The largest absolute Gasteiger partial charge is 0.463 e. The Morgan fingerprint density at radius 3 is 2.38 bits per heavy atom. The molecule has 0 radical (unpaired) electrons. The molecule has 1 rings (SSSR count). The lowest BCUT2D eigenvalue weighted by Crippen LogP contribution is -2.21. The fraction of sp³-hybridized carbons (Fsp3) is 0.952. The molecular weight excluding hydrogens is 330 g/mol. The molecule has 154 valence electrons. The topological polar surface area (TPSA) is 48.0 Å². The van der Waals surface area contributed by atoms with E-state index in [9.17, 15) is 4.79 Å². The number of unbranched alkanes of at least 4 members (excludes halogenated alkanes) is 7. The number of carbonyl (C=O) groups excluding carboxylic acids is 1. The molecule has 0 aliphatic carbocycles. The predicted molar refractivity (Wildman–Crippen MR) is 105 cm³/mol. The maximum atomic E-state index is 11.7. The minimum Gasteiger partial charge on any atom is -0.463 e. The van der Waals surface area contributed by atoms with Crippen molar-refractivity contribution >= 4 is 5.97 Å². The van der Waals surface area contributed by atoms with Crippen molar-refractivity contribution in [2.75, 3.05) is 33.9 Å². The summed E-state index contributed by atoms with van der Waals surface area (Å²) in [5.41, 5.74) is 0. The highest BCUT2D eigenvalue weighted by molar-refractivity contribution is 5.69. The van der Waals surface area contributed by atoms with Gasteiger partial charge in [0.1, 0.15) is 6.61 Å². The Balaban J connectivity index is 1.92. The number of ether oxygens (including phenoxy) is 3. The molecule has 0 N–H and O–H groups in total. The Bertz CT molecular complexity index is 349. The lowest BCUT2D eigenvalue weighted by atomic mass is 10.1. The maximum absolute atomic E-state index is 11.7. The van der Waals surface area contributed by atoms with Crippen molar-refractivity contribution in [1.82, 2.24) is 4.90 Å². The normalized spacial score (nSPS) is 20.0. The van der Waals surface area contributed by atoms with Gasteiger partial charge >= 0.3 is 5.97 Å². The molecule has 5 nitrogen and oxygen atoms in total. The third-order valence-electron chi connectivity index (χ3n) is 4.79. The van der Waals surface area contributed by atoms with Gasteiger partial charge < -0.3 is 19.1 Å². The molecule has 1 saturated heterocycles. The van der Waals surface area contributed by atoms with Crippen molar-refractivity contribution in [3.63, 3.8) is 0 Å². The lowest BCUT2D eigenvalue weighted by molar-refractivity contribution is -0.160. The van der Waals surface area contributed by atoms with E-state index in [0.29, 0.717) is 13.0 Å². The van der Waals surface area contributed by atoms with Gasteiger partial charge in [0.2, 0.25) is 0 Å². The second-order valence-corrected chi connectivity index (χ2v) is 7.70. The van der Waals surface area contributed by atoms with E-state index in [1.807, 2.05) is 14.1 Å². The first-order valence-corrected chi connectivity index (χ1v) is 10.7. The minimum absolute atomic E-state index is 0.00337. The first-order chi connectivity index (χ1) is 12.6. The summed E-state index contributed by atoms with van der Waals surface area (Å²) in [7, 11) is 4.01.